The SMILES string of the molecule is C[C@@H](C(=O)O)c1cc(-c2ccc(C(F)(F)F)cc2CNCCC(=O)C2CC2)cc(C(F)(F)F)c1. The van der Waals surface area contributed by atoms with Gasteiger partial charge in [0, 0.05) is 25.4 Å². The van der Waals surface area contributed by atoms with Crippen LogP contribution in [0.5, 0.6) is 0 Å². The minimum atomic E-state index is -4.78. The van der Waals surface area contributed by atoms with Crippen LogP contribution in [0.25, 0.3) is 11.1 Å². The van der Waals surface area contributed by atoms with E-state index in [2.05, 4.69) is 5.32 Å². The first-order chi connectivity index (χ1) is 15.8. The van der Waals surface area contributed by atoms with Crippen LogP contribution < -0.4 is 5.32 Å². The van der Waals surface area contributed by atoms with E-state index in [0.717, 1.165) is 43.2 Å². The number of ketones is 1. The van der Waals surface area contributed by atoms with Crippen LogP contribution in [0.1, 0.15) is 54.4 Å². The predicted octanol–water partition coefficient (Wildman–Crippen LogP) is 6.04. The summed E-state index contributed by atoms with van der Waals surface area (Å²) in [5, 5.41) is 12.2. The van der Waals surface area contributed by atoms with Crippen LogP contribution in [0.4, 0.5) is 26.3 Å². The minimum absolute atomic E-state index is 0.0440. The first kappa shape index (κ1) is 25.7. The molecule has 0 radical (unpaired) electrons. The van der Waals surface area contributed by atoms with Gasteiger partial charge in [-0.1, -0.05) is 12.1 Å². The van der Waals surface area contributed by atoms with Gasteiger partial charge in [0.05, 0.1) is 17.0 Å². The molecule has 0 spiro atoms. The van der Waals surface area contributed by atoms with Crippen molar-refractivity contribution in [2.24, 2.45) is 5.92 Å². The number of carboxylic acid groups (broad SMARTS) is 1. The molecule has 0 heterocycles. The van der Waals surface area contributed by atoms with Crippen LogP contribution in [0.2, 0.25) is 0 Å². The van der Waals surface area contributed by atoms with E-state index in [-0.39, 0.29) is 53.5 Å². The summed E-state index contributed by atoms with van der Waals surface area (Å²) in [7, 11) is 0. The number of halogens is 6. The minimum Gasteiger partial charge on any atom is -0.481 e. The number of alkyl halides is 6. The van der Waals surface area contributed by atoms with Crippen LogP contribution in [-0.2, 0) is 28.5 Å². The fourth-order valence-corrected chi connectivity index (χ4v) is 3.61. The topological polar surface area (TPSA) is 66.4 Å². The summed E-state index contributed by atoms with van der Waals surface area (Å²) in [6.45, 7) is 1.33. The number of carbonyl (C=O) groups excluding carboxylic acids is 1. The van der Waals surface area contributed by atoms with Crippen molar-refractivity contribution in [2.45, 2.75) is 51.0 Å². The Labute approximate surface area is 192 Å². The van der Waals surface area contributed by atoms with E-state index >= 15 is 0 Å². The molecule has 0 aliphatic heterocycles. The predicted molar refractivity (Wildman–Crippen MR) is 112 cm³/mol. The Morgan fingerprint density at radius 1 is 1.00 bits per heavy atom. The second kappa shape index (κ2) is 9.77. The molecule has 0 amide bonds. The largest absolute Gasteiger partial charge is 0.481 e. The molecule has 10 heteroatoms. The van der Waals surface area contributed by atoms with Crippen molar-refractivity contribution in [3.05, 3.63) is 58.7 Å². The number of Topliss-reactive ketones (excluding diaryl/α,β-unsaturated/α-hetero) is 1. The average Bonchev–Trinajstić information content (AvgIpc) is 3.59. The van der Waals surface area contributed by atoms with E-state index in [9.17, 15) is 41.0 Å². The third-order valence-corrected chi connectivity index (χ3v) is 5.79. The molecule has 2 aromatic rings. The maximum Gasteiger partial charge on any atom is 0.416 e. The maximum absolute atomic E-state index is 13.5. The van der Waals surface area contributed by atoms with Crippen molar-refractivity contribution in [2.75, 3.05) is 6.54 Å². The van der Waals surface area contributed by atoms with Crippen molar-refractivity contribution in [1.29, 1.82) is 0 Å². The Morgan fingerprint density at radius 3 is 2.21 bits per heavy atom. The summed E-state index contributed by atoms with van der Waals surface area (Å²) in [6.07, 6.45) is -7.56. The highest BCUT2D eigenvalue weighted by Gasteiger charge is 2.34. The number of nitrogens with one attached hydrogen (secondary N) is 1. The van der Waals surface area contributed by atoms with Gasteiger partial charge in [-0.15, -0.1) is 0 Å². The number of hydrogen-bond donors (Lipinski definition) is 2. The Hall–Kier alpha value is -2.88. The number of aliphatic carboxylic acids is 1. The van der Waals surface area contributed by atoms with Crippen LogP contribution >= 0.6 is 0 Å². The lowest BCUT2D eigenvalue weighted by molar-refractivity contribution is -0.139. The van der Waals surface area contributed by atoms with Crippen molar-refractivity contribution < 1.29 is 41.0 Å². The second-order valence-corrected chi connectivity index (χ2v) is 8.44. The van der Waals surface area contributed by atoms with E-state index in [0.29, 0.717) is 0 Å². The summed E-state index contributed by atoms with van der Waals surface area (Å²) in [6, 6.07) is 5.48. The highest BCUT2D eigenvalue weighted by atomic mass is 19.4. The quantitative estimate of drug-likeness (QED) is 0.335. The third-order valence-electron chi connectivity index (χ3n) is 5.79. The Kier molecular flexibility index (Phi) is 7.40. The van der Waals surface area contributed by atoms with Crippen molar-refractivity contribution in [3.63, 3.8) is 0 Å². The van der Waals surface area contributed by atoms with Crippen molar-refractivity contribution >= 4 is 11.8 Å². The van der Waals surface area contributed by atoms with Gasteiger partial charge in [-0.25, -0.2) is 0 Å². The monoisotopic (exact) mass is 487 g/mol. The normalized spacial score (nSPS) is 15.3. The first-order valence-corrected chi connectivity index (χ1v) is 10.7. The van der Waals surface area contributed by atoms with Crippen LogP contribution in [0.15, 0.2) is 36.4 Å². The van der Waals surface area contributed by atoms with E-state index in [1.807, 2.05) is 0 Å². The van der Waals surface area contributed by atoms with Gasteiger partial charge in [0.1, 0.15) is 5.78 Å². The molecular formula is C24H23F6NO3. The number of carbonyl (C=O) groups is 2. The highest BCUT2D eigenvalue weighted by Crippen LogP contribution is 2.38. The molecule has 0 bridgehead atoms. The lowest BCUT2D eigenvalue weighted by atomic mass is 9.90. The fraction of sp³-hybridized carbons (Fsp3) is 0.417. The van der Waals surface area contributed by atoms with E-state index in [1.54, 1.807) is 0 Å². The lowest BCUT2D eigenvalue weighted by Gasteiger charge is -2.18. The zero-order valence-electron chi connectivity index (χ0n) is 18.2. The van der Waals surface area contributed by atoms with Gasteiger partial charge in [0.25, 0.3) is 0 Å². The molecule has 0 aromatic heterocycles. The van der Waals surface area contributed by atoms with E-state index in [4.69, 9.17) is 0 Å². The summed E-state index contributed by atoms with van der Waals surface area (Å²) < 4.78 is 80.4. The third kappa shape index (κ3) is 6.37. The maximum atomic E-state index is 13.5. The molecule has 3 rings (SSSR count). The molecule has 4 nitrogen and oxygen atoms in total. The van der Waals surface area contributed by atoms with Crippen LogP contribution in [0.3, 0.4) is 0 Å². The molecule has 34 heavy (non-hydrogen) atoms. The van der Waals surface area contributed by atoms with Gasteiger partial charge in [-0.2, -0.15) is 26.3 Å². The molecule has 1 fully saturated rings. The summed E-state index contributed by atoms with van der Waals surface area (Å²) in [4.78, 5) is 23.2. The van der Waals surface area contributed by atoms with Gasteiger partial charge in [-0.05, 0) is 66.3 Å². The molecule has 2 aromatic carbocycles. The molecule has 184 valence electrons. The van der Waals surface area contributed by atoms with Gasteiger partial charge >= 0.3 is 18.3 Å². The summed E-state index contributed by atoms with van der Waals surface area (Å²) in [5.41, 5.74) is -2.03. The number of hydrogen-bond acceptors (Lipinski definition) is 3. The van der Waals surface area contributed by atoms with Crippen LogP contribution in [0, 0.1) is 5.92 Å². The molecule has 2 N–H and O–H groups in total. The number of rotatable bonds is 9. The molecule has 0 unspecified atom stereocenters. The molecule has 1 aliphatic carbocycles. The first-order valence-electron chi connectivity index (χ1n) is 10.7. The van der Waals surface area contributed by atoms with Gasteiger partial charge in [0.15, 0.2) is 0 Å². The van der Waals surface area contributed by atoms with Gasteiger partial charge in [0.2, 0.25) is 0 Å². The molecule has 1 aliphatic rings. The van der Waals surface area contributed by atoms with E-state index < -0.39 is 35.4 Å². The van der Waals surface area contributed by atoms with Gasteiger partial charge < -0.3 is 10.4 Å². The number of carboxylic acids is 1. The van der Waals surface area contributed by atoms with Gasteiger partial charge in [-0.3, -0.25) is 9.59 Å². The molecule has 1 atom stereocenters. The highest BCUT2D eigenvalue weighted by molar-refractivity contribution is 5.83. The van der Waals surface area contributed by atoms with Crippen molar-refractivity contribution in [3.8, 4) is 11.1 Å². The molecular weight excluding hydrogens is 464 g/mol. The lowest BCUT2D eigenvalue weighted by Crippen LogP contribution is -2.19. The summed E-state index contributed by atoms with van der Waals surface area (Å²) >= 11 is 0. The standard InChI is InChI=1S/C24H23F6NO3/c1-13(22(33)34)15-8-16(10-19(9-15)24(28,29)30)20-5-4-18(23(25,26)27)11-17(20)12-31-7-6-21(32)14-2-3-14/h4-5,8-11,13-14,31H,2-3,6-7,12H2,1H3,(H,33,34)/t13-/m1/s1. The second-order valence-electron chi connectivity index (χ2n) is 8.44. The van der Waals surface area contributed by atoms with E-state index in [1.165, 1.54) is 13.0 Å². The zero-order chi connectivity index (χ0) is 25.3. The van der Waals surface area contributed by atoms with Crippen molar-refractivity contribution in [1.82, 2.24) is 5.32 Å². The molecule has 0 saturated heterocycles. The smallest absolute Gasteiger partial charge is 0.416 e. The van der Waals surface area contributed by atoms with Crippen LogP contribution in [-0.4, -0.2) is 23.4 Å². The average molecular weight is 487 g/mol. The fourth-order valence-electron chi connectivity index (χ4n) is 3.61. The number of benzene rings is 2. The zero-order valence-corrected chi connectivity index (χ0v) is 18.2. The Morgan fingerprint density at radius 2 is 1.65 bits per heavy atom. The summed E-state index contributed by atoms with van der Waals surface area (Å²) in [5.74, 6) is -2.47. The molecule has 1 saturated carbocycles. The Balaban J connectivity index is 1.99. The Bertz CT molecular complexity index is 1070.